The molecule has 0 aromatic carbocycles. The van der Waals surface area contributed by atoms with Crippen molar-refractivity contribution in [3.8, 4) is 0 Å². The molecule has 1 N–H and O–H groups in total. The van der Waals surface area contributed by atoms with Crippen LogP contribution in [0.25, 0.3) is 11.2 Å². The van der Waals surface area contributed by atoms with E-state index in [-0.39, 0.29) is 12.5 Å². The first-order chi connectivity index (χ1) is 13.0. The summed E-state index contributed by atoms with van der Waals surface area (Å²) in [6.45, 7) is 5.01. The van der Waals surface area contributed by atoms with E-state index in [2.05, 4.69) is 15.2 Å². The van der Waals surface area contributed by atoms with E-state index in [1.165, 1.54) is 10.9 Å². The van der Waals surface area contributed by atoms with Crippen LogP contribution in [-0.2, 0) is 25.4 Å². The van der Waals surface area contributed by atoms with Crippen LogP contribution in [-0.4, -0.2) is 79.7 Å². The van der Waals surface area contributed by atoms with E-state index in [0.717, 1.165) is 37.2 Å². The number of aryl methyl sites for hydroxylation is 2. The Morgan fingerprint density at radius 3 is 2.70 bits per heavy atom. The molecule has 4 heterocycles. The molecule has 0 bridgehead atoms. The number of likely N-dealkylation sites (tertiary alicyclic amines) is 1. The Hall–Kier alpha value is -2.46. The fraction of sp³-hybridized carbons (Fsp3) is 0.647. The maximum Gasteiger partial charge on any atom is 0.332 e. The van der Waals surface area contributed by atoms with Gasteiger partial charge in [0.1, 0.15) is 6.54 Å². The molecule has 0 radical (unpaired) electrons. The molecule has 2 aliphatic heterocycles. The molecule has 0 saturated carbocycles. The van der Waals surface area contributed by atoms with E-state index in [0.29, 0.717) is 30.3 Å². The summed E-state index contributed by atoms with van der Waals surface area (Å²) < 4.78 is 3.91. The number of carbonyl (C=O) groups is 1. The van der Waals surface area contributed by atoms with Crippen molar-refractivity contribution >= 4 is 17.1 Å². The average molecular weight is 375 g/mol. The topological polar surface area (TPSA) is 97.4 Å². The summed E-state index contributed by atoms with van der Waals surface area (Å²) in [6, 6.07) is 0.357. The number of imidazole rings is 1. The van der Waals surface area contributed by atoms with Crippen LogP contribution in [0.5, 0.6) is 0 Å². The van der Waals surface area contributed by atoms with E-state index in [1.54, 1.807) is 23.6 Å². The van der Waals surface area contributed by atoms with Crippen molar-refractivity contribution < 1.29 is 4.79 Å². The average Bonchev–Trinajstić information content (AvgIpc) is 3.31. The first kappa shape index (κ1) is 17.9. The van der Waals surface area contributed by atoms with Crippen LogP contribution in [0.2, 0.25) is 0 Å². The van der Waals surface area contributed by atoms with Gasteiger partial charge in [-0.05, 0) is 6.42 Å². The Bertz CT molecular complexity index is 983. The molecule has 1 amide bonds. The lowest BCUT2D eigenvalue weighted by Gasteiger charge is -2.32. The zero-order valence-electron chi connectivity index (χ0n) is 15.7. The number of nitrogens with one attached hydrogen (secondary N) is 1. The van der Waals surface area contributed by atoms with Gasteiger partial charge in [0.25, 0.3) is 5.56 Å². The number of hydrogen-bond acceptors (Lipinski definition) is 6. The van der Waals surface area contributed by atoms with Crippen molar-refractivity contribution in [3.05, 3.63) is 27.2 Å². The van der Waals surface area contributed by atoms with Crippen molar-refractivity contribution in [2.24, 2.45) is 14.1 Å². The number of fused-ring (bicyclic) bond motifs is 1. The van der Waals surface area contributed by atoms with Gasteiger partial charge in [-0.3, -0.25) is 19.1 Å². The highest BCUT2D eigenvalue weighted by atomic mass is 16.2. The SMILES string of the molecule is Cn1cnc2c1c(=O)n(CC(=O)N1CCC(N3CCNCC3)C1)c(=O)n2C. The molecule has 1 atom stereocenters. The maximum atomic E-state index is 12.8. The molecule has 2 saturated heterocycles. The van der Waals surface area contributed by atoms with Crippen molar-refractivity contribution in [1.82, 2.24) is 33.8 Å². The number of hydrogen-bond donors (Lipinski definition) is 1. The number of nitrogens with zero attached hydrogens (tertiary/aromatic N) is 6. The van der Waals surface area contributed by atoms with Crippen molar-refractivity contribution in [3.63, 3.8) is 0 Å². The zero-order chi connectivity index (χ0) is 19.1. The predicted molar refractivity (Wildman–Crippen MR) is 99.6 cm³/mol. The van der Waals surface area contributed by atoms with Crippen LogP contribution in [0.15, 0.2) is 15.9 Å². The third-order valence-corrected chi connectivity index (χ3v) is 5.68. The summed E-state index contributed by atoms with van der Waals surface area (Å²) in [6.07, 6.45) is 2.43. The number of rotatable bonds is 3. The van der Waals surface area contributed by atoms with Crippen LogP contribution in [0.1, 0.15) is 6.42 Å². The summed E-state index contributed by atoms with van der Waals surface area (Å²) in [4.78, 5) is 46.4. The second-order valence-corrected chi connectivity index (χ2v) is 7.33. The molecule has 1 unspecified atom stereocenters. The molecule has 27 heavy (non-hydrogen) atoms. The second-order valence-electron chi connectivity index (χ2n) is 7.33. The summed E-state index contributed by atoms with van der Waals surface area (Å²) in [5.41, 5.74) is -0.335. The standard InChI is InChI=1S/C17H25N7O3/c1-20-11-19-15-14(20)16(26)24(17(27)21(15)2)10-13(25)23-6-3-12(9-23)22-7-4-18-5-8-22/h11-12,18H,3-10H2,1-2H3. The van der Waals surface area contributed by atoms with Gasteiger partial charge >= 0.3 is 5.69 Å². The minimum atomic E-state index is -0.516. The predicted octanol–water partition coefficient (Wildman–Crippen LogP) is -2.06. The minimum Gasteiger partial charge on any atom is -0.340 e. The number of piperazine rings is 1. The Balaban J connectivity index is 1.54. The lowest BCUT2D eigenvalue weighted by atomic mass is 10.2. The first-order valence-corrected chi connectivity index (χ1v) is 9.30. The molecule has 2 aliphatic rings. The molecule has 10 heteroatoms. The van der Waals surface area contributed by atoms with Crippen LogP contribution in [0.3, 0.4) is 0 Å². The lowest BCUT2D eigenvalue weighted by molar-refractivity contribution is -0.131. The van der Waals surface area contributed by atoms with E-state index in [4.69, 9.17) is 0 Å². The van der Waals surface area contributed by atoms with Crippen LogP contribution >= 0.6 is 0 Å². The van der Waals surface area contributed by atoms with Crippen LogP contribution in [0, 0.1) is 0 Å². The molecular formula is C17H25N7O3. The van der Waals surface area contributed by atoms with Gasteiger partial charge in [0.05, 0.1) is 6.33 Å². The van der Waals surface area contributed by atoms with E-state index in [1.807, 2.05) is 0 Å². The van der Waals surface area contributed by atoms with Crippen molar-refractivity contribution in [1.29, 1.82) is 0 Å². The normalized spacial score (nSPS) is 21.3. The van der Waals surface area contributed by atoms with Gasteiger partial charge in [-0.25, -0.2) is 14.3 Å². The Morgan fingerprint density at radius 2 is 1.96 bits per heavy atom. The van der Waals surface area contributed by atoms with Gasteiger partial charge in [0.15, 0.2) is 11.2 Å². The summed E-state index contributed by atoms with van der Waals surface area (Å²) in [7, 11) is 3.26. The highest BCUT2D eigenvalue weighted by Crippen LogP contribution is 2.16. The smallest absolute Gasteiger partial charge is 0.332 e. The number of carbonyl (C=O) groups excluding carboxylic acids is 1. The Kier molecular flexibility index (Phi) is 4.60. The highest BCUT2D eigenvalue weighted by molar-refractivity contribution is 5.77. The Labute approximate surface area is 156 Å². The lowest BCUT2D eigenvalue weighted by Crippen LogP contribution is -2.50. The maximum absolute atomic E-state index is 12.8. The highest BCUT2D eigenvalue weighted by Gasteiger charge is 2.31. The van der Waals surface area contributed by atoms with Gasteiger partial charge in [0.2, 0.25) is 5.91 Å². The molecule has 10 nitrogen and oxygen atoms in total. The first-order valence-electron chi connectivity index (χ1n) is 9.30. The quantitative estimate of drug-likeness (QED) is 0.663. The largest absolute Gasteiger partial charge is 0.340 e. The summed E-state index contributed by atoms with van der Waals surface area (Å²) >= 11 is 0. The molecular weight excluding hydrogens is 350 g/mol. The van der Waals surface area contributed by atoms with E-state index >= 15 is 0 Å². The van der Waals surface area contributed by atoms with Crippen LogP contribution < -0.4 is 16.6 Å². The van der Waals surface area contributed by atoms with E-state index < -0.39 is 11.2 Å². The van der Waals surface area contributed by atoms with Crippen molar-refractivity contribution in [2.45, 2.75) is 19.0 Å². The molecule has 0 spiro atoms. The fourth-order valence-electron chi connectivity index (χ4n) is 4.08. The number of amides is 1. The van der Waals surface area contributed by atoms with Gasteiger partial charge in [0, 0.05) is 59.4 Å². The van der Waals surface area contributed by atoms with Gasteiger partial charge < -0.3 is 14.8 Å². The number of aromatic nitrogens is 4. The second kappa shape index (κ2) is 6.93. The van der Waals surface area contributed by atoms with E-state index in [9.17, 15) is 14.4 Å². The van der Waals surface area contributed by atoms with Crippen LogP contribution in [0.4, 0.5) is 0 Å². The third kappa shape index (κ3) is 3.08. The Morgan fingerprint density at radius 1 is 1.22 bits per heavy atom. The fourth-order valence-corrected chi connectivity index (χ4v) is 4.08. The van der Waals surface area contributed by atoms with Gasteiger partial charge in [-0.1, -0.05) is 0 Å². The molecule has 2 aromatic heterocycles. The van der Waals surface area contributed by atoms with Gasteiger partial charge in [-0.15, -0.1) is 0 Å². The molecule has 2 aromatic rings. The molecule has 2 fully saturated rings. The monoisotopic (exact) mass is 375 g/mol. The molecule has 0 aliphatic carbocycles. The minimum absolute atomic E-state index is 0.187. The summed E-state index contributed by atoms with van der Waals surface area (Å²) in [5, 5.41) is 3.34. The molecule has 146 valence electrons. The van der Waals surface area contributed by atoms with Gasteiger partial charge in [-0.2, -0.15) is 0 Å². The summed E-state index contributed by atoms with van der Waals surface area (Å²) in [5.74, 6) is -0.187. The molecule has 4 rings (SSSR count). The zero-order valence-corrected chi connectivity index (χ0v) is 15.7. The third-order valence-electron chi connectivity index (χ3n) is 5.68. The van der Waals surface area contributed by atoms with Crippen molar-refractivity contribution in [2.75, 3.05) is 39.3 Å².